The Kier molecular flexibility index (Phi) is 6.18. The number of amides is 1. The summed E-state index contributed by atoms with van der Waals surface area (Å²) in [5.41, 5.74) is 1.86. The number of benzene rings is 2. The second kappa shape index (κ2) is 7.94. The molecule has 128 valence electrons. The minimum Gasteiger partial charge on any atom is -0.326 e. The molecule has 24 heavy (non-hydrogen) atoms. The highest BCUT2D eigenvalue weighted by Gasteiger charge is 2.16. The molecule has 4 nitrogen and oxygen atoms in total. The normalized spacial score (nSPS) is 11.5. The van der Waals surface area contributed by atoms with Gasteiger partial charge >= 0.3 is 0 Å². The van der Waals surface area contributed by atoms with Gasteiger partial charge in [0.15, 0.2) is 9.84 Å². The van der Waals surface area contributed by atoms with Crippen LogP contribution in [0, 0.1) is 0 Å². The van der Waals surface area contributed by atoms with Gasteiger partial charge in [0, 0.05) is 16.6 Å². The van der Waals surface area contributed by atoms with E-state index in [1.807, 2.05) is 24.3 Å². The minimum absolute atomic E-state index is 0.0790. The summed E-state index contributed by atoms with van der Waals surface area (Å²) in [5.74, 6) is -0.108. The van der Waals surface area contributed by atoms with Gasteiger partial charge in [-0.1, -0.05) is 41.9 Å². The van der Waals surface area contributed by atoms with E-state index in [0.29, 0.717) is 11.6 Å². The average Bonchev–Trinajstić information content (AvgIpc) is 2.54. The smallest absolute Gasteiger partial charge is 0.225 e. The molecule has 0 saturated heterocycles. The monoisotopic (exact) mass is 409 g/mol. The molecule has 1 amide bonds. The number of carbonyl (C=O) groups is 1. The summed E-state index contributed by atoms with van der Waals surface area (Å²) in [4.78, 5) is 12.2. The van der Waals surface area contributed by atoms with Gasteiger partial charge in [0.05, 0.1) is 10.6 Å². The summed E-state index contributed by atoms with van der Waals surface area (Å²) < 4.78 is 25.3. The standard InChI is InChI=1S/C18H20BrNO3S/c1-13(2)14-3-7-16(8-4-14)20-18(21)11-12-24(22,23)17-9-5-15(19)6-10-17/h3-10,13H,11-12H2,1-2H3,(H,20,21). The van der Waals surface area contributed by atoms with Gasteiger partial charge < -0.3 is 5.32 Å². The van der Waals surface area contributed by atoms with Crippen LogP contribution in [0.1, 0.15) is 31.7 Å². The molecule has 0 atom stereocenters. The van der Waals surface area contributed by atoms with Crippen LogP contribution in [0.2, 0.25) is 0 Å². The first-order valence-corrected chi connectivity index (χ1v) is 10.1. The number of anilines is 1. The Labute approximate surface area is 151 Å². The van der Waals surface area contributed by atoms with Gasteiger partial charge in [0.1, 0.15) is 0 Å². The predicted molar refractivity (Wildman–Crippen MR) is 100.0 cm³/mol. The number of carbonyl (C=O) groups excluding carboxylic acids is 1. The Balaban J connectivity index is 1.93. The van der Waals surface area contributed by atoms with Gasteiger partial charge in [-0.15, -0.1) is 0 Å². The molecule has 0 fully saturated rings. The Morgan fingerprint density at radius 3 is 2.17 bits per heavy atom. The summed E-state index contributed by atoms with van der Waals surface area (Å²) in [6, 6.07) is 14.0. The van der Waals surface area contributed by atoms with Crippen molar-refractivity contribution in [1.82, 2.24) is 0 Å². The molecule has 1 N–H and O–H groups in total. The van der Waals surface area contributed by atoms with Gasteiger partial charge in [0.25, 0.3) is 0 Å². The molecule has 0 bridgehead atoms. The van der Waals surface area contributed by atoms with Gasteiger partial charge in [0.2, 0.25) is 5.91 Å². The Morgan fingerprint density at radius 1 is 1.04 bits per heavy atom. The second-order valence-electron chi connectivity index (χ2n) is 5.85. The molecule has 0 radical (unpaired) electrons. The maximum Gasteiger partial charge on any atom is 0.225 e. The molecule has 2 aromatic rings. The van der Waals surface area contributed by atoms with Gasteiger partial charge in [-0.05, 0) is 47.9 Å². The van der Waals surface area contributed by atoms with Crippen molar-refractivity contribution in [1.29, 1.82) is 0 Å². The maximum atomic E-state index is 12.2. The van der Waals surface area contributed by atoms with Crippen molar-refractivity contribution in [2.75, 3.05) is 11.1 Å². The van der Waals surface area contributed by atoms with Crippen molar-refractivity contribution < 1.29 is 13.2 Å². The van der Waals surface area contributed by atoms with Gasteiger partial charge in [-0.25, -0.2) is 8.42 Å². The van der Waals surface area contributed by atoms with E-state index in [9.17, 15) is 13.2 Å². The number of nitrogens with one attached hydrogen (secondary N) is 1. The van der Waals surface area contributed by atoms with E-state index in [1.165, 1.54) is 17.7 Å². The molecule has 0 aliphatic heterocycles. The van der Waals surface area contributed by atoms with E-state index >= 15 is 0 Å². The van der Waals surface area contributed by atoms with Crippen LogP contribution >= 0.6 is 15.9 Å². The topological polar surface area (TPSA) is 63.2 Å². The van der Waals surface area contributed by atoms with Crippen molar-refractivity contribution >= 4 is 37.4 Å². The zero-order valence-corrected chi connectivity index (χ0v) is 16.0. The lowest BCUT2D eigenvalue weighted by Crippen LogP contribution is -2.17. The summed E-state index contributed by atoms with van der Waals surface area (Å²) in [7, 11) is -3.46. The van der Waals surface area contributed by atoms with E-state index in [1.54, 1.807) is 12.1 Å². The number of rotatable bonds is 6. The van der Waals surface area contributed by atoms with Crippen molar-refractivity contribution in [3.05, 3.63) is 58.6 Å². The van der Waals surface area contributed by atoms with Crippen LogP contribution in [0.15, 0.2) is 57.9 Å². The van der Waals surface area contributed by atoms with E-state index in [2.05, 4.69) is 35.1 Å². The molecule has 0 heterocycles. The first kappa shape index (κ1) is 18.7. The summed E-state index contributed by atoms with van der Waals surface area (Å²) in [6.45, 7) is 4.20. The number of hydrogen-bond donors (Lipinski definition) is 1. The molecule has 0 saturated carbocycles. The van der Waals surface area contributed by atoms with Gasteiger partial charge in [-0.3, -0.25) is 4.79 Å². The van der Waals surface area contributed by atoms with Crippen LogP contribution in [0.5, 0.6) is 0 Å². The summed E-state index contributed by atoms with van der Waals surface area (Å²) in [6.07, 6.45) is -0.0790. The molecule has 0 aliphatic carbocycles. The largest absolute Gasteiger partial charge is 0.326 e. The number of halogens is 1. The van der Waals surface area contributed by atoms with Crippen molar-refractivity contribution in [2.45, 2.75) is 31.1 Å². The first-order chi connectivity index (χ1) is 11.3. The molecular formula is C18H20BrNO3S. The van der Waals surface area contributed by atoms with E-state index in [-0.39, 0.29) is 23.0 Å². The highest BCUT2D eigenvalue weighted by atomic mass is 79.9. The lowest BCUT2D eigenvalue weighted by atomic mass is 10.0. The summed E-state index contributed by atoms with van der Waals surface area (Å²) in [5, 5.41) is 2.73. The lowest BCUT2D eigenvalue weighted by molar-refractivity contribution is -0.115. The Bertz CT molecular complexity index is 797. The molecule has 2 aromatic carbocycles. The quantitative estimate of drug-likeness (QED) is 0.769. The maximum absolute atomic E-state index is 12.2. The third-order valence-electron chi connectivity index (χ3n) is 3.63. The van der Waals surface area contributed by atoms with Crippen LogP contribution < -0.4 is 5.32 Å². The second-order valence-corrected chi connectivity index (χ2v) is 8.87. The van der Waals surface area contributed by atoms with Crippen LogP contribution in [0.3, 0.4) is 0 Å². The van der Waals surface area contributed by atoms with E-state index in [4.69, 9.17) is 0 Å². The number of sulfone groups is 1. The third-order valence-corrected chi connectivity index (χ3v) is 5.89. The molecule has 0 spiro atoms. The molecule has 2 rings (SSSR count). The van der Waals surface area contributed by atoms with E-state index < -0.39 is 9.84 Å². The summed E-state index contributed by atoms with van der Waals surface area (Å²) >= 11 is 3.27. The fraction of sp³-hybridized carbons (Fsp3) is 0.278. The van der Waals surface area contributed by atoms with Crippen LogP contribution in [0.4, 0.5) is 5.69 Å². The zero-order chi connectivity index (χ0) is 17.7. The highest BCUT2D eigenvalue weighted by molar-refractivity contribution is 9.10. The van der Waals surface area contributed by atoms with Crippen molar-refractivity contribution in [3.8, 4) is 0 Å². The molecule has 0 aromatic heterocycles. The molecule has 0 unspecified atom stereocenters. The first-order valence-electron chi connectivity index (χ1n) is 7.66. The number of hydrogen-bond acceptors (Lipinski definition) is 3. The Hall–Kier alpha value is -1.66. The Morgan fingerprint density at radius 2 is 1.62 bits per heavy atom. The lowest BCUT2D eigenvalue weighted by Gasteiger charge is -2.09. The van der Waals surface area contributed by atoms with Crippen molar-refractivity contribution in [3.63, 3.8) is 0 Å². The minimum atomic E-state index is -3.46. The predicted octanol–water partition coefficient (Wildman–Crippen LogP) is 4.38. The SMILES string of the molecule is CC(C)c1ccc(NC(=O)CCS(=O)(=O)c2ccc(Br)cc2)cc1. The highest BCUT2D eigenvalue weighted by Crippen LogP contribution is 2.18. The van der Waals surface area contributed by atoms with Crippen LogP contribution in [-0.4, -0.2) is 20.1 Å². The fourth-order valence-electron chi connectivity index (χ4n) is 2.16. The molecule has 6 heteroatoms. The molecule has 0 aliphatic rings. The van der Waals surface area contributed by atoms with Crippen molar-refractivity contribution in [2.24, 2.45) is 0 Å². The zero-order valence-electron chi connectivity index (χ0n) is 13.6. The van der Waals surface area contributed by atoms with Gasteiger partial charge in [-0.2, -0.15) is 0 Å². The molecular weight excluding hydrogens is 390 g/mol. The van der Waals surface area contributed by atoms with Crippen LogP contribution in [0.25, 0.3) is 0 Å². The fourth-order valence-corrected chi connectivity index (χ4v) is 3.67. The average molecular weight is 410 g/mol. The van der Waals surface area contributed by atoms with Crippen LogP contribution in [-0.2, 0) is 14.6 Å². The third kappa shape index (κ3) is 5.18. The van der Waals surface area contributed by atoms with E-state index in [0.717, 1.165) is 4.47 Å².